The van der Waals surface area contributed by atoms with E-state index in [1.807, 2.05) is 43.6 Å². The predicted octanol–water partition coefficient (Wildman–Crippen LogP) is 1.27. The van der Waals surface area contributed by atoms with Crippen molar-refractivity contribution in [2.45, 2.75) is 25.4 Å². The number of aromatic amines is 1. The van der Waals surface area contributed by atoms with E-state index in [4.69, 9.17) is 4.74 Å². The third kappa shape index (κ3) is 4.65. The van der Waals surface area contributed by atoms with E-state index in [9.17, 15) is 14.4 Å². The fourth-order valence-corrected chi connectivity index (χ4v) is 3.74. The summed E-state index contributed by atoms with van der Waals surface area (Å²) in [6, 6.07) is 9.54. The number of carbonyl (C=O) groups is 1. The third-order valence-electron chi connectivity index (χ3n) is 5.55. The first-order valence-corrected chi connectivity index (χ1v) is 10.4. The average molecular weight is 438 g/mol. The Kier molecular flexibility index (Phi) is 6.22. The van der Waals surface area contributed by atoms with Gasteiger partial charge in [0.05, 0.1) is 19.3 Å². The number of ether oxygens (including phenoxy) is 1. The molecule has 1 saturated carbocycles. The molecule has 2 unspecified atom stereocenters. The number of benzene rings is 1. The van der Waals surface area contributed by atoms with Gasteiger partial charge in [0.1, 0.15) is 11.5 Å². The molecule has 0 spiro atoms. The number of rotatable bonds is 9. The van der Waals surface area contributed by atoms with Gasteiger partial charge in [-0.15, -0.1) is 0 Å². The summed E-state index contributed by atoms with van der Waals surface area (Å²) in [6.07, 6.45) is 4.34. The molecule has 10 heteroatoms. The van der Waals surface area contributed by atoms with E-state index < -0.39 is 11.2 Å². The van der Waals surface area contributed by atoms with Gasteiger partial charge in [-0.1, -0.05) is 30.3 Å². The number of methoxy groups -OCH3 is 1. The van der Waals surface area contributed by atoms with E-state index in [-0.39, 0.29) is 42.4 Å². The van der Waals surface area contributed by atoms with Crippen molar-refractivity contribution in [1.82, 2.24) is 19.3 Å². The summed E-state index contributed by atoms with van der Waals surface area (Å²) in [7, 11) is 3.35. The van der Waals surface area contributed by atoms with E-state index in [0.717, 1.165) is 11.1 Å². The average Bonchev–Trinajstić information content (AvgIpc) is 3.47. The van der Waals surface area contributed by atoms with Crippen LogP contribution in [-0.2, 0) is 29.7 Å². The maximum atomic E-state index is 13.0. The number of carbonyl (C=O) groups excluding carboxylic acids is 1. The van der Waals surface area contributed by atoms with Gasteiger partial charge in [-0.05, 0) is 23.5 Å². The molecule has 32 heavy (non-hydrogen) atoms. The molecule has 3 N–H and O–H groups in total. The lowest BCUT2D eigenvalue weighted by Crippen LogP contribution is -2.36. The van der Waals surface area contributed by atoms with E-state index in [2.05, 4.69) is 20.7 Å². The predicted molar refractivity (Wildman–Crippen MR) is 120 cm³/mol. The molecule has 3 aromatic rings. The molecule has 168 valence electrons. The zero-order valence-electron chi connectivity index (χ0n) is 18.0. The maximum absolute atomic E-state index is 13.0. The van der Waals surface area contributed by atoms with Gasteiger partial charge in [-0.2, -0.15) is 5.10 Å². The lowest BCUT2D eigenvalue weighted by molar-refractivity contribution is -0.117. The minimum atomic E-state index is -0.604. The first-order chi connectivity index (χ1) is 15.5. The van der Waals surface area contributed by atoms with Crippen LogP contribution in [0, 0.1) is 5.92 Å². The summed E-state index contributed by atoms with van der Waals surface area (Å²) in [6.45, 7) is 0.782. The molecule has 0 saturated heterocycles. The summed E-state index contributed by atoms with van der Waals surface area (Å²) in [5.41, 5.74) is 0.897. The zero-order chi connectivity index (χ0) is 22.7. The van der Waals surface area contributed by atoms with Crippen LogP contribution in [0.1, 0.15) is 23.5 Å². The van der Waals surface area contributed by atoms with Crippen molar-refractivity contribution >= 4 is 17.4 Å². The second-order valence-corrected chi connectivity index (χ2v) is 7.85. The monoisotopic (exact) mass is 438 g/mol. The molecule has 1 aliphatic carbocycles. The molecule has 4 rings (SSSR count). The van der Waals surface area contributed by atoms with Crippen molar-refractivity contribution in [1.29, 1.82) is 0 Å². The number of amides is 1. The second-order valence-electron chi connectivity index (χ2n) is 7.85. The Morgan fingerprint density at radius 3 is 2.75 bits per heavy atom. The van der Waals surface area contributed by atoms with Crippen molar-refractivity contribution in [3.8, 4) is 0 Å². The molecule has 1 aromatic carbocycles. The van der Waals surface area contributed by atoms with E-state index in [1.54, 1.807) is 10.9 Å². The van der Waals surface area contributed by atoms with E-state index in [1.165, 1.54) is 11.7 Å². The van der Waals surface area contributed by atoms with Gasteiger partial charge in [0.15, 0.2) is 0 Å². The number of nitrogens with zero attached hydrogens (tertiary/aromatic N) is 3. The highest BCUT2D eigenvalue weighted by Crippen LogP contribution is 2.47. The van der Waals surface area contributed by atoms with Crippen LogP contribution in [0.15, 0.2) is 52.3 Å². The molecule has 1 aliphatic rings. The molecule has 0 radical (unpaired) electrons. The van der Waals surface area contributed by atoms with Crippen molar-refractivity contribution in [3.63, 3.8) is 0 Å². The number of hydrogen-bond acceptors (Lipinski definition) is 6. The zero-order valence-corrected chi connectivity index (χ0v) is 18.0. The highest BCUT2D eigenvalue weighted by molar-refractivity contribution is 5.96. The standard InChI is InChI=1S/C22H26N6O4/c1-27-13-15(12-24-27)16-10-17(16)20(29)25-19-18(23-11-14-6-4-3-5-7-14)21(30)26-22(31)28(19)8-9-32-2/h3-7,12-13,16-17,23H,8-11H2,1-2H3,(H,25,29)(H,26,30,31). The number of nitrogens with one attached hydrogen (secondary N) is 3. The number of aromatic nitrogens is 4. The molecule has 0 bridgehead atoms. The molecular weight excluding hydrogens is 412 g/mol. The Labute approximate surface area is 184 Å². The molecule has 1 amide bonds. The van der Waals surface area contributed by atoms with Gasteiger partial charge in [0.2, 0.25) is 5.91 Å². The summed E-state index contributed by atoms with van der Waals surface area (Å²) < 4.78 is 8.12. The van der Waals surface area contributed by atoms with Crippen LogP contribution < -0.4 is 21.9 Å². The van der Waals surface area contributed by atoms with Gasteiger partial charge in [0.25, 0.3) is 5.56 Å². The van der Waals surface area contributed by atoms with Crippen LogP contribution >= 0.6 is 0 Å². The van der Waals surface area contributed by atoms with Crippen LogP contribution in [0.4, 0.5) is 11.5 Å². The first kappa shape index (κ1) is 21.6. The Morgan fingerprint density at radius 1 is 1.28 bits per heavy atom. The Hall–Kier alpha value is -3.66. The first-order valence-electron chi connectivity index (χ1n) is 10.4. The van der Waals surface area contributed by atoms with Gasteiger partial charge in [-0.25, -0.2) is 4.79 Å². The quantitative estimate of drug-likeness (QED) is 0.462. The maximum Gasteiger partial charge on any atom is 0.330 e. The second kappa shape index (κ2) is 9.23. The van der Waals surface area contributed by atoms with Crippen LogP contribution in [0.5, 0.6) is 0 Å². The minimum absolute atomic E-state index is 0.0746. The number of anilines is 2. The van der Waals surface area contributed by atoms with Crippen LogP contribution in [0.25, 0.3) is 0 Å². The van der Waals surface area contributed by atoms with Crippen LogP contribution in [0.2, 0.25) is 0 Å². The molecule has 2 heterocycles. The number of aryl methyl sites for hydroxylation is 1. The van der Waals surface area contributed by atoms with Crippen molar-refractivity contribution in [2.75, 3.05) is 24.4 Å². The highest BCUT2D eigenvalue weighted by atomic mass is 16.5. The smallest absolute Gasteiger partial charge is 0.330 e. The molecule has 1 fully saturated rings. The third-order valence-corrected chi connectivity index (χ3v) is 5.55. The normalized spacial score (nSPS) is 17.2. The Morgan fingerprint density at radius 2 is 2.06 bits per heavy atom. The lowest BCUT2D eigenvalue weighted by atomic mass is 10.2. The Bertz CT molecular complexity index is 1210. The lowest BCUT2D eigenvalue weighted by Gasteiger charge is -2.18. The molecule has 2 aromatic heterocycles. The van der Waals surface area contributed by atoms with Crippen molar-refractivity contribution in [2.24, 2.45) is 13.0 Å². The van der Waals surface area contributed by atoms with Crippen molar-refractivity contribution in [3.05, 3.63) is 74.7 Å². The number of hydrogen-bond donors (Lipinski definition) is 3. The molecule has 0 aliphatic heterocycles. The largest absolute Gasteiger partial charge is 0.383 e. The summed E-state index contributed by atoms with van der Waals surface area (Å²) in [5, 5.41) is 10.1. The fraction of sp³-hybridized carbons (Fsp3) is 0.364. The summed E-state index contributed by atoms with van der Waals surface area (Å²) in [5.74, 6) is -0.261. The fourth-order valence-electron chi connectivity index (χ4n) is 3.74. The van der Waals surface area contributed by atoms with E-state index >= 15 is 0 Å². The van der Waals surface area contributed by atoms with Gasteiger partial charge < -0.3 is 15.4 Å². The minimum Gasteiger partial charge on any atom is -0.383 e. The highest BCUT2D eigenvalue weighted by Gasteiger charge is 2.45. The van der Waals surface area contributed by atoms with Gasteiger partial charge in [0, 0.05) is 32.8 Å². The van der Waals surface area contributed by atoms with Crippen LogP contribution in [-0.4, -0.2) is 39.0 Å². The van der Waals surface area contributed by atoms with E-state index in [0.29, 0.717) is 13.0 Å². The molecule has 2 atom stereocenters. The topological polar surface area (TPSA) is 123 Å². The molecule has 10 nitrogen and oxygen atoms in total. The van der Waals surface area contributed by atoms with Gasteiger partial charge >= 0.3 is 5.69 Å². The molecular formula is C22H26N6O4. The number of H-pyrrole nitrogens is 1. The van der Waals surface area contributed by atoms with Crippen molar-refractivity contribution < 1.29 is 9.53 Å². The summed E-state index contributed by atoms with van der Waals surface area (Å²) in [4.78, 5) is 40.5. The SMILES string of the molecule is COCCn1c(NC(=O)C2CC2c2cnn(C)c2)c(NCc2ccccc2)c(=O)[nH]c1=O. The Balaban J connectivity index is 1.61. The summed E-state index contributed by atoms with van der Waals surface area (Å²) >= 11 is 0. The van der Waals surface area contributed by atoms with Gasteiger partial charge in [-0.3, -0.25) is 23.8 Å². The van der Waals surface area contributed by atoms with Crippen LogP contribution in [0.3, 0.4) is 0 Å².